The van der Waals surface area contributed by atoms with Crippen molar-refractivity contribution in [2.45, 2.75) is 58.3 Å². The summed E-state index contributed by atoms with van der Waals surface area (Å²) in [7, 11) is 0. The van der Waals surface area contributed by atoms with E-state index in [4.69, 9.17) is 9.47 Å². The molecule has 0 aliphatic heterocycles. The molecule has 0 aromatic rings. The van der Waals surface area contributed by atoms with Crippen molar-refractivity contribution >= 4 is 11.9 Å². The Morgan fingerprint density at radius 2 is 1.82 bits per heavy atom. The molecule has 0 spiro atoms. The van der Waals surface area contributed by atoms with Crippen molar-refractivity contribution in [3.05, 3.63) is 0 Å². The van der Waals surface area contributed by atoms with Crippen LogP contribution in [0.2, 0.25) is 0 Å². The lowest BCUT2D eigenvalue weighted by atomic mass is 9.87. The van der Waals surface area contributed by atoms with Crippen LogP contribution >= 0.6 is 0 Å². The Bertz CT molecular complexity index is 268. The second-order valence-corrected chi connectivity index (χ2v) is 4.39. The minimum Gasteiger partial charge on any atom is -0.425 e. The Morgan fingerprint density at radius 3 is 2.29 bits per heavy atom. The van der Waals surface area contributed by atoms with E-state index >= 15 is 0 Å². The molecule has 1 fully saturated rings. The third-order valence-corrected chi connectivity index (χ3v) is 2.94. The zero-order chi connectivity index (χ0) is 12.8. The summed E-state index contributed by atoms with van der Waals surface area (Å²) in [4.78, 5) is 22.2. The fraction of sp³-hybridized carbons (Fsp3) is 0.833. The third kappa shape index (κ3) is 4.73. The first-order valence-corrected chi connectivity index (χ1v) is 6.07. The Labute approximate surface area is 101 Å². The van der Waals surface area contributed by atoms with E-state index in [-0.39, 0.29) is 24.4 Å². The summed E-state index contributed by atoms with van der Waals surface area (Å²) in [5.74, 6) is -0.829. The monoisotopic (exact) mass is 244 g/mol. The quantitative estimate of drug-likeness (QED) is 0.597. The summed E-state index contributed by atoms with van der Waals surface area (Å²) < 4.78 is 10.2. The first-order chi connectivity index (χ1) is 8.02. The van der Waals surface area contributed by atoms with Crippen molar-refractivity contribution in [3.63, 3.8) is 0 Å². The maximum Gasteiger partial charge on any atom is 0.308 e. The number of hydrogen-bond acceptors (Lipinski definition) is 5. The molecule has 0 aromatic heterocycles. The van der Waals surface area contributed by atoms with Crippen molar-refractivity contribution in [3.8, 4) is 0 Å². The number of carbonyl (C=O) groups is 2. The highest BCUT2D eigenvalue weighted by Crippen LogP contribution is 2.29. The van der Waals surface area contributed by atoms with Crippen LogP contribution in [0.4, 0.5) is 0 Å². The average molecular weight is 244 g/mol. The maximum absolute atomic E-state index is 11.2. The highest BCUT2D eigenvalue weighted by molar-refractivity contribution is 5.70. The number of aliphatic hydroxyl groups excluding tert-OH is 1. The molecule has 0 heterocycles. The molecular weight excluding hydrogens is 224 g/mol. The van der Waals surface area contributed by atoms with Crippen LogP contribution in [0.25, 0.3) is 0 Å². The summed E-state index contributed by atoms with van der Waals surface area (Å²) in [6.45, 7) is 2.99. The Kier molecular flexibility index (Phi) is 5.41. The standard InChI is InChI=1S/C12H20O5/c1-3-11(15)17-12(16-8(2)13)9-4-6-10(14)7-5-9/h9-10,12,14H,3-7H2,1-2H3. The van der Waals surface area contributed by atoms with Gasteiger partial charge in [0.2, 0.25) is 6.29 Å². The highest BCUT2D eigenvalue weighted by atomic mass is 16.7. The zero-order valence-corrected chi connectivity index (χ0v) is 10.3. The molecule has 1 rings (SSSR count). The molecule has 1 atom stereocenters. The van der Waals surface area contributed by atoms with Crippen LogP contribution in [0, 0.1) is 5.92 Å². The number of carbonyl (C=O) groups excluding carboxylic acids is 2. The van der Waals surface area contributed by atoms with E-state index in [0.29, 0.717) is 25.7 Å². The van der Waals surface area contributed by atoms with E-state index in [2.05, 4.69) is 0 Å². The molecule has 17 heavy (non-hydrogen) atoms. The summed E-state index contributed by atoms with van der Waals surface area (Å²) in [5.41, 5.74) is 0. The van der Waals surface area contributed by atoms with Gasteiger partial charge >= 0.3 is 11.9 Å². The number of aliphatic hydroxyl groups is 1. The van der Waals surface area contributed by atoms with Gasteiger partial charge in [0.05, 0.1) is 6.10 Å². The molecule has 0 radical (unpaired) electrons. The van der Waals surface area contributed by atoms with Crippen LogP contribution in [0.3, 0.4) is 0 Å². The van der Waals surface area contributed by atoms with Crippen LogP contribution in [0.1, 0.15) is 46.0 Å². The van der Waals surface area contributed by atoms with E-state index in [0.717, 1.165) is 0 Å². The van der Waals surface area contributed by atoms with Gasteiger partial charge in [-0.2, -0.15) is 0 Å². The van der Waals surface area contributed by atoms with Crippen LogP contribution in [-0.4, -0.2) is 29.4 Å². The van der Waals surface area contributed by atoms with Crippen LogP contribution in [0.5, 0.6) is 0 Å². The third-order valence-electron chi connectivity index (χ3n) is 2.94. The van der Waals surface area contributed by atoms with Crippen LogP contribution in [-0.2, 0) is 19.1 Å². The summed E-state index contributed by atoms with van der Waals surface area (Å²) in [6.07, 6.45) is 1.90. The van der Waals surface area contributed by atoms with Gasteiger partial charge in [-0.1, -0.05) is 6.92 Å². The Balaban J connectivity index is 2.55. The van der Waals surface area contributed by atoms with E-state index in [9.17, 15) is 14.7 Å². The maximum atomic E-state index is 11.2. The molecule has 5 heteroatoms. The topological polar surface area (TPSA) is 72.8 Å². The van der Waals surface area contributed by atoms with Gasteiger partial charge in [-0.25, -0.2) is 0 Å². The second-order valence-electron chi connectivity index (χ2n) is 4.39. The van der Waals surface area contributed by atoms with Gasteiger partial charge in [0, 0.05) is 19.3 Å². The van der Waals surface area contributed by atoms with Gasteiger partial charge < -0.3 is 14.6 Å². The SMILES string of the molecule is CCC(=O)OC(OC(C)=O)C1CCC(O)CC1. The van der Waals surface area contributed by atoms with Gasteiger partial charge in [0.1, 0.15) is 0 Å². The zero-order valence-electron chi connectivity index (χ0n) is 10.3. The number of hydrogen-bond donors (Lipinski definition) is 1. The molecule has 0 bridgehead atoms. The second kappa shape index (κ2) is 6.59. The minimum atomic E-state index is -0.799. The Hall–Kier alpha value is -1.10. The van der Waals surface area contributed by atoms with Crippen LogP contribution in [0.15, 0.2) is 0 Å². The highest BCUT2D eigenvalue weighted by Gasteiger charge is 2.31. The van der Waals surface area contributed by atoms with Gasteiger partial charge in [0.25, 0.3) is 0 Å². The molecular formula is C12H20O5. The van der Waals surface area contributed by atoms with Crippen molar-refractivity contribution in [2.24, 2.45) is 5.92 Å². The van der Waals surface area contributed by atoms with Crippen molar-refractivity contribution < 1.29 is 24.2 Å². The van der Waals surface area contributed by atoms with Gasteiger partial charge in [-0.15, -0.1) is 0 Å². The average Bonchev–Trinajstić information content (AvgIpc) is 2.28. The van der Waals surface area contributed by atoms with E-state index < -0.39 is 12.3 Å². The van der Waals surface area contributed by atoms with E-state index in [1.54, 1.807) is 6.92 Å². The first kappa shape index (κ1) is 14.0. The number of ether oxygens (including phenoxy) is 2. The lowest BCUT2D eigenvalue weighted by Gasteiger charge is -2.30. The van der Waals surface area contributed by atoms with Gasteiger partial charge in [-0.05, 0) is 25.7 Å². The normalized spacial score (nSPS) is 26.1. The van der Waals surface area contributed by atoms with Crippen molar-refractivity contribution in [2.75, 3.05) is 0 Å². The minimum absolute atomic E-state index is 0.00204. The lowest BCUT2D eigenvalue weighted by molar-refractivity contribution is -0.199. The Morgan fingerprint density at radius 1 is 1.24 bits per heavy atom. The molecule has 98 valence electrons. The smallest absolute Gasteiger partial charge is 0.308 e. The van der Waals surface area contributed by atoms with Crippen LogP contribution < -0.4 is 0 Å². The number of rotatable bonds is 4. The van der Waals surface area contributed by atoms with Gasteiger partial charge in [-0.3, -0.25) is 9.59 Å². The fourth-order valence-corrected chi connectivity index (χ4v) is 1.97. The van der Waals surface area contributed by atoms with E-state index in [1.807, 2.05) is 0 Å². The molecule has 1 N–H and O–H groups in total. The molecule has 1 aliphatic carbocycles. The summed E-state index contributed by atoms with van der Waals surface area (Å²) >= 11 is 0. The fourth-order valence-electron chi connectivity index (χ4n) is 1.97. The summed E-state index contributed by atoms with van der Waals surface area (Å²) in [6, 6.07) is 0. The molecule has 1 aliphatic rings. The molecule has 0 saturated heterocycles. The molecule has 1 unspecified atom stereocenters. The predicted octanol–water partition coefficient (Wildman–Crippen LogP) is 1.38. The van der Waals surface area contributed by atoms with Crippen molar-refractivity contribution in [1.82, 2.24) is 0 Å². The largest absolute Gasteiger partial charge is 0.425 e. The summed E-state index contributed by atoms with van der Waals surface area (Å²) in [5, 5.41) is 9.40. The molecule has 0 aromatic carbocycles. The molecule has 1 saturated carbocycles. The predicted molar refractivity (Wildman–Crippen MR) is 59.9 cm³/mol. The van der Waals surface area contributed by atoms with Gasteiger partial charge in [0.15, 0.2) is 0 Å². The van der Waals surface area contributed by atoms with E-state index in [1.165, 1.54) is 6.92 Å². The molecule has 0 amide bonds. The van der Waals surface area contributed by atoms with Crippen molar-refractivity contribution in [1.29, 1.82) is 0 Å². The first-order valence-electron chi connectivity index (χ1n) is 6.07. The molecule has 5 nitrogen and oxygen atoms in total. The lowest BCUT2D eigenvalue weighted by Crippen LogP contribution is -2.34. The number of esters is 2.